The average Bonchev–Trinajstić information content (AvgIpc) is 2.08. The van der Waals surface area contributed by atoms with E-state index < -0.39 is 10.8 Å². The summed E-state index contributed by atoms with van der Waals surface area (Å²) >= 11 is 5.93. The molecule has 0 bridgehead atoms. The second-order valence-corrected chi connectivity index (χ2v) is 5.27. The van der Waals surface area contributed by atoms with Crippen molar-refractivity contribution in [2.45, 2.75) is 13.0 Å². The molecule has 0 fully saturated rings. The zero-order valence-corrected chi connectivity index (χ0v) is 10.2. The van der Waals surface area contributed by atoms with Crippen molar-refractivity contribution < 1.29 is 4.21 Å². The lowest BCUT2D eigenvalue weighted by Crippen LogP contribution is -2.23. The number of aromatic nitrogens is 1. The number of pyridine rings is 1. The molecule has 15 heavy (non-hydrogen) atoms. The van der Waals surface area contributed by atoms with Crippen LogP contribution in [-0.2, 0) is 10.8 Å². The molecular weight excluding hydrogens is 234 g/mol. The first-order valence-corrected chi connectivity index (χ1v) is 6.57. The highest BCUT2D eigenvalue weighted by Crippen LogP contribution is 2.21. The van der Waals surface area contributed by atoms with Crippen LogP contribution in [0.5, 0.6) is 0 Å². The molecule has 0 aliphatic heterocycles. The molecular formula is C9H14ClN3OS. The van der Waals surface area contributed by atoms with Crippen LogP contribution in [0, 0.1) is 0 Å². The third kappa shape index (κ3) is 4.05. The molecule has 3 N–H and O–H groups in total. The lowest BCUT2D eigenvalue weighted by molar-refractivity contribution is 0.683. The summed E-state index contributed by atoms with van der Waals surface area (Å²) in [5.74, 6) is 1.13. The van der Waals surface area contributed by atoms with Crippen LogP contribution in [0.1, 0.15) is 6.92 Å². The summed E-state index contributed by atoms with van der Waals surface area (Å²) in [5.41, 5.74) is 6.04. The number of hydrogen-bond acceptors (Lipinski definition) is 4. The van der Waals surface area contributed by atoms with Crippen molar-refractivity contribution in [1.82, 2.24) is 4.98 Å². The Labute approximate surface area is 96.7 Å². The lowest BCUT2D eigenvalue weighted by Gasteiger charge is -2.14. The summed E-state index contributed by atoms with van der Waals surface area (Å²) < 4.78 is 11.0. The zero-order valence-electron chi connectivity index (χ0n) is 8.66. The van der Waals surface area contributed by atoms with Gasteiger partial charge in [-0.2, -0.15) is 0 Å². The molecule has 4 nitrogen and oxygen atoms in total. The first-order chi connectivity index (χ1) is 6.99. The molecule has 0 saturated carbocycles. The summed E-state index contributed by atoms with van der Waals surface area (Å²) in [4.78, 5) is 4.06. The number of nitrogens with one attached hydrogen (secondary N) is 1. The average molecular weight is 248 g/mol. The van der Waals surface area contributed by atoms with Gasteiger partial charge in [0.15, 0.2) is 0 Å². The predicted octanol–water partition coefficient (Wildman–Crippen LogP) is 1.50. The Bertz CT molecular complexity index is 372. The summed E-state index contributed by atoms with van der Waals surface area (Å²) in [7, 11) is -0.838. The SMILES string of the molecule is CC(CS(C)=O)Nc1ncc(N)cc1Cl. The van der Waals surface area contributed by atoms with E-state index >= 15 is 0 Å². The Morgan fingerprint density at radius 2 is 2.40 bits per heavy atom. The van der Waals surface area contributed by atoms with Gasteiger partial charge in [0.05, 0.1) is 16.9 Å². The van der Waals surface area contributed by atoms with Crippen LogP contribution in [0.3, 0.4) is 0 Å². The van der Waals surface area contributed by atoms with E-state index in [0.29, 0.717) is 22.3 Å². The molecule has 0 radical (unpaired) electrons. The van der Waals surface area contributed by atoms with Crippen LogP contribution in [0.15, 0.2) is 12.3 Å². The second kappa shape index (κ2) is 5.32. The molecule has 1 aromatic heterocycles. The molecule has 2 atom stereocenters. The number of halogens is 1. The van der Waals surface area contributed by atoms with Gasteiger partial charge in [0.2, 0.25) is 0 Å². The second-order valence-electron chi connectivity index (χ2n) is 3.38. The van der Waals surface area contributed by atoms with Crippen LogP contribution >= 0.6 is 11.6 Å². The molecule has 84 valence electrons. The fourth-order valence-corrected chi connectivity index (χ4v) is 2.20. The normalized spacial score (nSPS) is 14.6. The smallest absolute Gasteiger partial charge is 0.145 e. The first kappa shape index (κ1) is 12.3. The fraction of sp³-hybridized carbons (Fsp3) is 0.444. The minimum atomic E-state index is -0.838. The zero-order chi connectivity index (χ0) is 11.4. The molecule has 0 aromatic carbocycles. The van der Waals surface area contributed by atoms with E-state index in [1.165, 1.54) is 6.20 Å². The molecule has 1 rings (SSSR count). The van der Waals surface area contributed by atoms with E-state index in [2.05, 4.69) is 10.3 Å². The van der Waals surface area contributed by atoms with Crippen molar-refractivity contribution in [2.24, 2.45) is 0 Å². The molecule has 1 aromatic rings. The van der Waals surface area contributed by atoms with Crippen LogP contribution in [-0.4, -0.2) is 27.2 Å². The molecule has 0 amide bonds. The van der Waals surface area contributed by atoms with E-state index in [1.807, 2.05) is 6.92 Å². The van der Waals surface area contributed by atoms with E-state index in [-0.39, 0.29) is 6.04 Å². The molecule has 2 unspecified atom stereocenters. The number of anilines is 2. The van der Waals surface area contributed by atoms with Crippen molar-refractivity contribution in [1.29, 1.82) is 0 Å². The summed E-state index contributed by atoms with van der Waals surface area (Å²) in [6.45, 7) is 1.93. The van der Waals surface area contributed by atoms with Crippen molar-refractivity contribution in [3.8, 4) is 0 Å². The highest BCUT2D eigenvalue weighted by atomic mass is 35.5. The van der Waals surface area contributed by atoms with E-state index in [9.17, 15) is 4.21 Å². The van der Waals surface area contributed by atoms with Crippen molar-refractivity contribution in [3.05, 3.63) is 17.3 Å². The Hall–Kier alpha value is -0.810. The number of nitrogen functional groups attached to an aromatic ring is 1. The van der Waals surface area contributed by atoms with Gasteiger partial charge in [-0.15, -0.1) is 0 Å². The van der Waals surface area contributed by atoms with E-state index in [0.717, 1.165) is 0 Å². The third-order valence-electron chi connectivity index (χ3n) is 1.73. The van der Waals surface area contributed by atoms with E-state index in [1.54, 1.807) is 12.3 Å². The van der Waals surface area contributed by atoms with Crippen LogP contribution in [0.4, 0.5) is 11.5 Å². The molecule has 0 aliphatic carbocycles. The summed E-state index contributed by atoms with van der Waals surface area (Å²) in [6, 6.07) is 1.69. The maximum absolute atomic E-state index is 11.0. The summed E-state index contributed by atoms with van der Waals surface area (Å²) in [6.07, 6.45) is 3.19. The Morgan fingerprint density at radius 1 is 1.73 bits per heavy atom. The maximum atomic E-state index is 11.0. The van der Waals surface area contributed by atoms with Gasteiger partial charge in [-0.1, -0.05) is 11.6 Å². The van der Waals surface area contributed by atoms with Gasteiger partial charge in [-0.05, 0) is 13.0 Å². The minimum absolute atomic E-state index is 0.0597. The number of rotatable bonds is 4. The Kier molecular flexibility index (Phi) is 4.35. The Balaban J connectivity index is 2.68. The molecule has 0 aliphatic rings. The topological polar surface area (TPSA) is 68.0 Å². The van der Waals surface area contributed by atoms with Crippen molar-refractivity contribution in [3.63, 3.8) is 0 Å². The Morgan fingerprint density at radius 3 is 2.93 bits per heavy atom. The quantitative estimate of drug-likeness (QED) is 0.846. The van der Waals surface area contributed by atoms with Crippen LogP contribution < -0.4 is 11.1 Å². The van der Waals surface area contributed by atoms with Crippen LogP contribution in [0.25, 0.3) is 0 Å². The molecule has 6 heteroatoms. The van der Waals surface area contributed by atoms with Gasteiger partial charge < -0.3 is 11.1 Å². The first-order valence-electron chi connectivity index (χ1n) is 4.46. The highest BCUT2D eigenvalue weighted by Gasteiger charge is 2.08. The van der Waals surface area contributed by atoms with Gasteiger partial charge in [-0.3, -0.25) is 4.21 Å². The minimum Gasteiger partial charge on any atom is -0.397 e. The molecule has 0 spiro atoms. The van der Waals surface area contributed by atoms with Gasteiger partial charge in [0.25, 0.3) is 0 Å². The fourth-order valence-electron chi connectivity index (χ4n) is 1.19. The van der Waals surface area contributed by atoms with Gasteiger partial charge in [-0.25, -0.2) is 4.98 Å². The monoisotopic (exact) mass is 247 g/mol. The van der Waals surface area contributed by atoms with Crippen molar-refractivity contribution in [2.75, 3.05) is 23.1 Å². The van der Waals surface area contributed by atoms with Gasteiger partial charge >= 0.3 is 0 Å². The van der Waals surface area contributed by atoms with Gasteiger partial charge in [0, 0.05) is 28.9 Å². The molecule has 1 heterocycles. The van der Waals surface area contributed by atoms with Crippen molar-refractivity contribution >= 4 is 33.9 Å². The highest BCUT2D eigenvalue weighted by molar-refractivity contribution is 7.84. The number of nitrogens with zero attached hydrogens (tertiary/aromatic N) is 1. The maximum Gasteiger partial charge on any atom is 0.145 e. The van der Waals surface area contributed by atoms with Crippen LogP contribution in [0.2, 0.25) is 5.02 Å². The third-order valence-corrected chi connectivity index (χ3v) is 2.99. The number of hydrogen-bond donors (Lipinski definition) is 2. The molecule has 0 saturated heterocycles. The van der Waals surface area contributed by atoms with Gasteiger partial charge in [0.1, 0.15) is 5.82 Å². The predicted molar refractivity (Wildman–Crippen MR) is 65.7 cm³/mol. The summed E-state index contributed by atoms with van der Waals surface area (Å²) in [5, 5.41) is 3.55. The van der Waals surface area contributed by atoms with E-state index in [4.69, 9.17) is 17.3 Å². The lowest BCUT2D eigenvalue weighted by atomic mass is 10.3. The largest absolute Gasteiger partial charge is 0.397 e. The standard InChI is InChI=1S/C9H14ClN3OS/c1-6(5-15(2)14)13-9-8(10)3-7(11)4-12-9/h3-4,6H,5,11H2,1-2H3,(H,12,13). The number of nitrogens with two attached hydrogens (primary N) is 1.